The second kappa shape index (κ2) is 6.41. The van der Waals surface area contributed by atoms with Gasteiger partial charge in [0.2, 0.25) is 0 Å². The minimum Gasteiger partial charge on any atom is -0.329 e. The van der Waals surface area contributed by atoms with Crippen molar-refractivity contribution in [3.8, 4) is 0 Å². The van der Waals surface area contributed by atoms with Crippen LogP contribution in [0, 0.1) is 11.8 Å². The van der Waals surface area contributed by atoms with Crippen LogP contribution < -0.4 is 11.1 Å². The van der Waals surface area contributed by atoms with Gasteiger partial charge in [0.05, 0.1) is 0 Å². The molecule has 3 unspecified atom stereocenters. The van der Waals surface area contributed by atoms with Crippen LogP contribution in [0.25, 0.3) is 0 Å². The molecule has 1 aliphatic carbocycles. The third-order valence-corrected chi connectivity index (χ3v) is 3.39. The highest BCUT2D eigenvalue weighted by Crippen LogP contribution is 2.36. The summed E-state index contributed by atoms with van der Waals surface area (Å²) in [6, 6.07) is 0.564. The summed E-state index contributed by atoms with van der Waals surface area (Å²) in [7, 11) is 0. The third-order valence-electron chi connectivity index (χ3n) is 3.39. The topological polar surface area (TPSA) is 38.0 Å². The normalized spacial score (nSPS) is 27.6. The van der Waals surface area contributed by atoms with Gasteiger partial charge in [0, 0.05) is 12.6 Å². The zero-order valence-corrected chi connectivity index (χ0v) is 9.76. The van der Waals surface area contributed by atoms with E-state index in [0.29, 0.717) is 6.04 Å². The van der Waals surface area contributed by atoms with Crippen molar-refractivity contribution in [1.29, 1.82) is 0 Å². The first-order chi connectivity index (χ1) is 6.77. The van der Waals surface area contributed by atoms with Gasteiger partial charge in [-0.2, -0.15) is 0 Å². The Morgan fingerprint density at radius 3 is 2.64 bits per heavy atom. The molecule has 2 heteroatoms. The van der Waals surface area contributed by atoms with Gasteiger partial charge in [0.1, 0.15) is 0 Å². The third kappa shape index (κ3) is 4.43. The van der Waals surface area contributed by atoms with E-state index < -0.39 is 0 Å². The van der Waals surface area contributed by atoms with Crippen molar-refractivity contribution in [2.75, 3.05) is 13.1 Å². The lowest BCUT2D eigenvalue weighted by molar-refractivity contribution is 0.450. The lowest BCUT2D eigenvalue weighted by Gasteiger charge is -2.16. The van der Waals surface area contributed by atoms with E-state index in [1.807, 2.05) is 0 Å². The van der Waals surface area contributed by atoms with Crippen LogP contribution in [0.2, 0.25) is 0 Å². The Hall–Kier alpha value is -0.0800. The number of hydrogen-bond donors (Lipinski definition) is 2. The van der Waals surface area contributed by atoms with E-state index in [1.165, 1.54) is 38.6 Å². The Morgan fingerprint density at radius 1 is 1.43 bits per heavy atom. The van der Waals surface area contributed by atoms with Crippen molar-refractivity contribution in [1.82, 2.24) is 5.32 Å². The van der Waals surface area contributed by atoms with Crippen molar-refractivity contribution < 1.29 is 0 Å². The first-order valence-corrected chi connectivity index (χ1v) is 6.21. The minimum atomic E-state index is 0.564. The second-order valence-corrected chi connectivity index (χ2v) is 4.81. The Labute approximate surface area is 88.6 Å². The van der Waals surface area contributed by atoms with E-state index in [9.17, 15) is 0 Å². The molecule has 0 saturated heterocycles. The SMILES string of the molecule is CCCCCC(CN)NCC1CC1C. The number of nitrogens with two attached hydrogens (primary N) is 1. The number of rotatable bonds is 8. The van der Waals surface area contributed by atoms with Crippen LogP contribution in [0.4, 0.5) is 0 Å². The van der Waals surface area contributed by atoms with E-state index in [4.69, 9.17) is 5.73 Å². The van der Waals surface area contributed by atoms with Gasteiger partial charge in [-0.05, 0) is 31.2 Å². The maximum Gasteiger partial charge on any atom is 0.0190 e. The highest BCUT2D eigenvalue weighted by atomic mass is 14.9. The lowest BCUT2D eigenvalue weighted by atomic mass is 10.1. The van der Waals surface area contributed by atoms with E-state index in [0.717, 1.165) is 18.4 Å². The maximum atomic E-state index is 5.73. The second-order valence-electron chi connectivity index (χ2n) is 4.81. The quantitative estimate of drug-likeness (QED) is 0.586. The largest absolute Gasteiger partial charge is 0.329 e. The predicted octanol–water partition coefficient (Wildman–Crippen LogP) is 2.14. The van der Waals surface area contributed by atoms with Crippen molar-refractivity contribution in [2.24, 2.45) is 17.6 Å². The van der Waals surface area contributed by atoms with Gasteiger partial charge >= 0.3 is 0 Å². The Kier molecular flexibility index (Phi) is 5.49. The van der Waals surface area contributed by atoms with Gasteiger partial charge in [0.25, 0.3) is 0 Å². The molecule has 3 N–H and O–H groups in total. The molecular weight excluding hydrogens is 172 g/mol. The first-order valence-electron chi connectivity index (χ1n) is 6.21. The van der Waals surface area contributed by atoms with Crippen LogP contribution in [0.3, 0.4) is 0 Å². The van der Waals surface area contributed by atoms with Crippen LogP contribution in [0.1, 0.15) is 46.0 Å². The van der Waals surface area contributed by atoms with E-state index in [2.05, 4.69) is 19.2 Å². The minimum absolute atomic E-state index is 0.564. The molecule has 3 atom stereocenters. The average molecular weight is 198 g/mol. The Morgan fingerprint density at radius 2 is 2.14 bits per heavy atom. The highest BCUT2D eigenvalue weighted by molar-refractivity contribution is 4.85. The summed E-state index contributed by atoms with van der Waals surface area (Å²) in [6.45, 7) is 6.57. The first kappa shape index (κ1) is 12.0. The smallest absolute Gasteiger partial charge is 0.0190 e. The van der Waals surface area contributed by atoms with Crippen LogP contribution in [-0.4, -0.2) is 19.1 Å². The summed E-state index contributed by atoms with van der Waals surface area (Å²) >= 11 is 0. The summed E-state index contributed by atoms with van der Waals surface area (Å²) < 4.78 is 0. The van der Waals surface area contributed by atoms with Gasteiger partial charge < -0.3 is 11.1 Å². The fourth-order valence-corrected chi connectivity index (χ4v) is 1.95. The van der Waals surface area contributed by atoms with Crippen LogP contribution in [0.15, 0.2) is 0 Å². The zero-order valence-electron chi connectivity index (χ0n) is 9.76. The lowest BCUT2D eigenvalue weighted by Crippen LogP contribution is -2.37. The van der Waals surface area contributed by atoms with Crippen LogP contribution in [-0.2, 0) is 0 Å². The van der Waals surface area contributed by atoms with Crippen molar-refractivity contribution in [2.45, 2.75) is 52.0 Å². The molecule has 0 aromatic carbocycles. The highest BCUT2D eigenvalue weighted by Gasteiger charge is 2.32. The van der Waals surface area contributed by atoms with E-state index >= 15 is 0 Å². The van der Waals surface area contributed by atoms with Gasteiger partial charge in [-0.25, -0.2) is 0 Å². The predicted molar refractivity (Wildman–Crippen MR) is 62.3 cm³/mol. The molecule has 1 rings (SSSR count). The van der Waals surface area contributed by atoms with Crippen molar-refractivity contribution >= 4 is 0 Å². The van der Waals surface area contributed by atoms with Gasteiger partial charge in [-0.3, -0.25) is 0 Å². The standard InChI is InChI=1S/C12H26N2/c1-3-4-5-6-12(8-13)14-9-11-7-10(11)2/h10-12,14H,3-9,13H2,1-2H3. The number of unbranched alkanes of at least 4 members (excludes halogenated alkanes) is 2. The summed E-state index contributed by atoms with van der Waals surface area (Å²) in [5.74, 6) is 1.90. The molecule has 1 saturated carbocycles. The Bertz CT molecular complexity index is 147. The maximum absolute atomic E-state index is 5.73. The molecule has 0 heterocycles. The molecule has 0 aliphatic heterocycles. The van der Waals surface area contributed by atoms with Gasteiger partial charge in [-0.15, -0.1) is 0 Å². The van der Waals surface area contributed by atoms with Crippen molar-refractivity contribution in [3.05, 3.63) is 0 Å². The summed E-state index contributed by atoms with van der Waals surface area (Å²) in [6.07, 6.45) is 6.64. The molecule has 1 fully saturated rings. The van der Waals surface area contributed by atoms with Crippen molar-refractivity contribution in [3.63, 3.8) is 0 Å². The van der Waals surface area contributed by atoms with Crippen LogP contribution in [0.5, 0.6) is 0 Å². The molecule has 0 aromatic rings. The monoisotopic (exact) mass is 198 g/mol. The molecule has 14 heavy (non-hydrogen) atoms. The fourth-order valence-electron chi connectivity index (χ4n) is 1.95. The molecule has 0 spiro atoms. The molecule has 0 amide bonds. The molecule has 0 radical (unpaired) electrons. The zero-order chi connectivity index (χ0) is 10.4. The Balaban J connectivity index is 1.99. The summed E-state index contributed by atoms with van der Waals surface area (Å²) in [4.78, 5) is 0. The molecular formula is C12H26N2. The number of hydrogen-bond acceptors (Lipinski definition) is 2. The van der Waals surface area contributed by atoms with Crippen LogP contribution >= 0.6 is 0 Å². The number of nitrogens with one attached hydrogen (secondary N) is 1. The summed E-state index contributed by atoms with van der Waals surface area (Å²) in [5, 5.41) is 3.60. The average Bonchev–Trinajstić information content (AvgIpc) is 2.88. The fraction of sp³-hybridized carbons (Fsp3) is 1.00. The van der Waals surface area contributed by atoms with E-state index in [-0.39, 0.29) is 0 Å². The van der Waals surface area contributed by atoms with Gasteiger partial charge in [0.15, 0.2) is 0 Å². The summed E-state index contributed by atoms with van der Waals surface area (Å²) in [5.41, 5.74) is 5.73. The van der Waals surface area contributed by atoms with Gasteiger partial charge in [-0.1, -0.05) is 33.1 Å². The van der Waals surface area contributed by atoms with E-state index in [1.54, 1.807) is 0 Å². The molecule has 0 aromatic heterocycles. The molecule has 2 nitrogen and oxygen atoms in total. The molecule has 1 aliphatic rings. The molecule has 84 valence electrons. The molecule has 0 bridgehead atoms.